The fourth-order valence-electron chi connectivity index (χ4n) is 0.489. The predicted octanol–water partition coefficient (Wildman–Crippen LogP) is 0.758. The third-order valence-electron chi connectivity index (χ3n) is 1.01. The first-order valence-electron chi connectivity index (χ1n) is 3.09. The molecule has 1 atom stereocenters. The molecule has 0 bridgehead atoms. The summed E-state index contributed by atoms with van der Waals surface area (Å²) in [5, 5.41) is 0.194. The number of hydrogen-bond donors (Lipinski definition) is 0. The van der Waals surface area contributed by atoms with Crippen LogP contribution in [0.4, 0.5) is 0 Å². The minimum absolute atomic E-state index is 0.194. The average molecular weight is 201 g/mol. The first kappa shape index (κ1) is 12.6. The van der Waals surface area contributed by atoms with Crippen molar-refractivity contribution in [1.29, 1.82) is 0 Å². The molecule has 0 heterocycles. The number of nitrogens with zero attached hydrogens (tertiary/aromatic N) is 1. The topological polar surface area (TPSA) is 55.8 Å². The molecule has 0 aromatic rings. The fourth-order valence-corrected chi connectivity index (χ4v) is 1.35. The number of hydroxylamine groups is 2. The summed E-state index contributed by atoms with van der Waals surface area (Å²) < 4.78 is 15.5. The predicted molar refractivity (Wildman–Crippen MR) is 43.6 cm³/mol. The van der Waals surface area contributed by atoms with E-state index in [4.69, 9.17) is 20.6 Å². The summed E-state index contributed by atoms with van der Waals surface area (Å²) >= 11 is 0. The van der Waals surface area contributed by atoms with Gasteiger partial charge in [-0.3, -0.25) is 14.2 Å². The molecule has 1 unspecified atom stereocenters. The lowest BCUT2D eigenvalue weighted by Gasteiger charge is -2.15. The highest BCUT2D eigenvalue weighted by Gasteiger charge is 2.23. The van der Waals surface area contributed by atoms with Crippen LogP contribution in [0.25, 0.3) is 0 Å². The van der Waals surface area contributed by atoms with Gasteiger partial charge in [0.2, 0.25) is 7.37 Å². The van der Waals surface area contributed by atoms with Crippen LogP contribution in [0.3, 0.4) is 0 Å². The van der Waals surface area contributed by atoms with E-state index in [-0.39, 0.29) is 11.7 Å². The van der Waals surface area contributed by atoms with Crippen LogP contribution in [0, 0.1) is 27.7 Å². The molecule has 8 radical (unpaired) electrons. The van der Waals surface area contributed by atoms with Gasteiger partial charge in [-0.2, -0.15) is 0 Å². The van der Waals surface area contributed by atoms with Gasteiger partial charge >= 0.3 is 0 Å². The van der Waals surface area contributed by atoms with E-state index < -0.39 is 19.4 Å². The molecule has 0 aromatic carbocycles. The van der Waals surface area contributed by atoms with E-state index in [1.54, 1.807) is 0 Å². The Morgan fingerprint density at radius 1 is 1.54 bits per heavy atom. The molecule has 0 aromatic heterocycles. The molecule has 0 saturated carbocycles. The van der Waals surface area contributed by atoms with Gasteiger partial charge in [-0.15, -0.1) is 0 Å². The molecule has 0 fully saturated rings. The van der Waals surface area contributed by atoms with Crippen molar-refractivity contribution in [2.24, 2.45) is 0 Å². The maximum atomic E-state index is 11.1. The number of hydrogen-bond acceptors (Lipinski definition) is 4. The summed E-state index contributed by atoms with van der Waals surface area (Å²) in [6, 6.07) is 0. The minimum atomic E-state index is -3.55. The summed E-state index contributed by atoms with van der Waals surface area (Å²) in [6.07, 6.45) is -0.627. The monoisotopic (exact) mass is 201 g/mol. The molecule has 0 aliphatic heterocycles. The van der Waals surface area contributed by atoms with Crippen molar-refractivity contribution in [2.45, 2.75) is 0 Å². The van der Waals surface area contributed by atoms with Crippen LogP contribution in [-0.2, 0) is 18.7 Å². The molecule has 0 rings (SSSR count). The van der Waals surface area contributed by atoms with Gasteiger partial charge in [0.25, 0.3) is 5.91 Å². The van der Waals surface area contributed by atoms with Crippen LogP contribution < -0.4 is 0 Å². The molecular formula is C7H8NO4P. The largest absolute Gasteiger partial charge is 0.328 e. The molecule has 5 nitrogen and oxygen atoms in total. The first-order valence-corrected chi connectivity index (χ1v) is 4.97. The lowest BCUT2D eigenvalue weighted by Crippen LogP contribution is -2.25. The van der Waals surface area contributed by atoms with Crippen molar-refractivity contribution in [3.05, 3.63) is 27.7 Å². The van der Waals surface area contributed by atoms with Gasteiger partial charge in [-0.05, 0) is 6.92 Å². The normalized spacial score (nSPS) is 15.1. The Morgan fingerprint density at radius 3 is 2.46 bits per heavy atom. The highest BCUT2D eigenvalue weighted by molar-refractivity contribution is 7.61. The molecule has 0 saturated heterocycles. The number of carbonyl (C=O) groups is 1. The summed E-state index contributed by atoms with van der Waals surface area (Å²) in [6.45, 7) is 9.63. The van der Waals surface area contributed by atoms with Gasteiger partial charge in [0.15, 0.2) is 0 Å². The van der Waals surface area contributed by atoms with Crippen LogP contribution in [-0.4, -0.2) is 23.7 Å². The highest BCUT2D eigenvalue weighted by atomic mass is 31.2. The first-order chi connectivity index (χ1) is 5.93. The zero-order valence-corrected chi connectivity index (χ0v) is 7.65. The van der Waals surface area contributed by atoms with E-state index in [0.717, 1.165) is 0 Å². The van der Waals surface area contributed by atoms with Gasteiger partial charge in [-0.1, -0.05) is 0 Å². The zero-order valence-electron chi connectivity index (χ0n) is 6.75. The average Bonchev–Trinajstić information content (AvgIpc) is 2.01. The lowest BCUT2D eigenvalue weighted by molar-refractivity contribution is -0.154. The number of carbonyl (C=O) groups excluding carboxylic acids is 1. The molecule has 0 aliphatic carbocycles. The maximum absolute atomic E-state index is 11.1. The smallest absolute Gasteiger partial charge is 0.256 e. The van der Waals surface area contributed by atoms with Crippen molar-refractivity contribution in [3.63, 3.8) is 0 Å². The Kier molecular flexibility index (Phi) is 5.21. The van der Waals surface area contributed by atoms with Crippen LogP contribution in [0.5, 0.6) is 0 Å². The van der Waals surface area contributed by atoms with Crippen LogP contribution in [0.1, 0.15) is 0 Å². The van der Waals surface area contributed by atoms with E-state index in [1.807, 2.05) is 0 Å². The second-order valence-corrected chi connectivity index (χ2v) is 4.03. The summed E-state index contributed by atoms with van der Waals surface area (Å²) in [5.41, 5.74) is 0. The summed E-state index contributed by atoms with van der Waals surface area (Å²) in [4.78, 5) is 14.7. The van der Waals surface area contributed by atoms with E-state index >= 15 is 0 Å². The Bertz CT molecular complexity index is 219. The maximum Gasteiger partial charge on any atom is 0.256 e. The van der Waals surface area contributed by atoms with Gasteiger partial charge in [0.1, 0.15) is 20.3 Å². The summed E-state index contributed by atoms with van der Waals surface area (Å²) in [7, 11) is 5.90. The Morgan fingerprint density at radius 2 is 2.08 bits per heavy atom. The van der Waals surface area contributed by atoms with Gasteiger partial charge in [0.05, 0.1) is 13.3 Å². The Balaban J connectivity index is 4.11. The van der Waals surface area contributed by atoms with E-state index in [0.29, 0.717) is 0 Å². The van der Waals surface area contributed by atoms with Gasteiger partial charge in [-0.25, -0.2) is 5.06 Å². The van der Waals surface area contributed by atoms with Crippen LogP contribution in [0.15, 0.2) is 0 Å². The molecule has 13 heavy (non-hydrogen) atoms. The van der Waals surface area contributed by atoms with Gasteiger partial charge < -0.3 is 4.52 Å². The molecule has 0 aliphatic rings. The molecule has 0 spiro atoms. The van der Waals surface area contributed by atoms with Gasteiger partial charge in [0, 0.05) is 0 Å². The third kappa shape index (κ3) is 5.03. The summed E-state index contributed by atoms with van der Waals surface area (Å²) in [5.74, 6) is -0.873. The second-order valence-electron chi connectivity index (χ2n) is 2.00. The highest BCUT2D eigenvalue weighted by Crippen LogP contribution is 2.44. The zero-order chi connectivity index (χ0) is 10.5. The van der Waals surface area contributed by atoms with Crippen molar-refractivity contribution < 1.29 is 18.7 Å². The molecule has 0 N–H and O–H groups in total. The standard InChI is InChI=1S/C7H8NO4P/c1-5-12-13(4,10)6-7(9)8(2)11-3/h1-4H,5-6H2. The number of rotatable bonds is 5. The van der Waals surface area contributed by atoms with Crippen molar-refractivity contribution in [3.8, 4) is 0 Å². The van der Waals surface area contributed by atoms with Crippen LogP contribution >= 0.6 is 7.37 Å². The minimum Gasteiger partial charge on any atom is -0.328 e. The molecule has 1 amide bonds. The van der Waals surface area contributed by atoms with E-state index in [1.165, 1.54) is 0 Å². The van der Waals surface area contributed by atoms with E-state index in [2.05, 4.69) is 16.5 Å². The Labute approximate surface area is 78.4 Å². The van der Waals surface area contributed by atoms with E-state index in [9.17, 15) is 9.36 Å². The van der Waals surface area contributed by atoms with Crippen molar-refractivity contribution in [1.82, 2.24) is 5.06 Å². The quantitative estimate of drug-likeness (QED) is 0.374. The van der Waals surface area contributed by atoms with Crippen molar-refractivity contribution in [2.75, 3.05) is 12.8 Å². The SMILES string of the molecule is [CH]COP([CH])(=O)CC(=O)N([CH])O[CH]. The van der Waals surface area contributed by atoms with Crippen LogP contribution in [0.2, 0.25) is 0 Å². The lowest BCUT2D eigenvalue weighted by atomic mass is 10.7. The fraction of sp³-hybridized carbons (Fsp3) is 0.286. The molecule has 70 valence electrons. The molecule has 6 heteroatoms. The molecular weight excluding hydrogens is 193 g/mol. The second kappa shape index (κ2) is 5.37. The Hall–Kier alpha value is -0.380. The number of amides is 1. The third-order valence-corrected chi connectivity index (χ3v) is 2.31. The van der Waals surface area contributed by atoms with Crippen molar-refractivity contribution >= 4 is 13.3 Å².